The Morgan fingerprint density at radius 1 is 1.18 bits per heavy atom. The molecule has 1 aromatic heterocycles. The number of esters is 2. The number of carbonyl (C=O) groups is 3. The first-order chi connectivity index (χ1) is 18.7. The molecular weight excluding hydrogens is 516 g/mol. The zero-order valence-electron chi connectivity index (χ0n) is 23.9. The van der Waals surface area contributed by atoms with Crippen molar-refractivity contribution < 1.29 is 42.9 Å². The van der Waals surface area contributed by atoms with Crippen molar-refractivity contribution in [2.24, 2.45) is 33.5 Å². The minimum absolute atomic E-state index is 0.0324. The number of epoxide rings is 1. The van der Waals surface area contributed by atoms with Gasteiger partial charge in [0, 0.05) is 28.2 Å². The van der Waals surface area contributed by atoms with Crippen LogP contribution >= 0.6 is 0 Å². The first kappa shape index (κ1) is 26.4. The third kappa shape index (κ3) is 2.56. The second kappa shape index (κ2) is 7.66. The molecule has 2 saturated carbocycles. The second-order valence-corrected chi connectivity index (χ2v) is 14.2. The van der Waals surface area contributed by atoms with E-state index in [0.29, 0.717) is 12.8 Å². The summed E-state index contributed by atoms with van der Waals surface area (Å²) in [5, 5.41) is 12.5. The van der Waals surface area contributed by atoms with Gasteiger partial charge in [0.2, 0.25) is 0 Å². The van der Waals surface area contributed by atoms with Gasteiger partial charge in [0.1, 0.15) is 29.3 Å². The molecule has 1 N–H and O–H groups in total. The van der Waals surface area contributed by atoms with E-state index >= 15 is 0 Å². The number of allylic oxidation sites excluding steroid dienone is 1. The van der Waals surface area contributed by atoms with Crippen LogP contribution in [0.15, 0.2) is 35.2 Å². The highest BCUT2D eigenvalue weighted by atomic mass is 16.7. The molecule has 1 aromatic rings. The molecule has 0 aromatic carbocycles. The molecule has 9 heteroatoms. The standard InChI is InChI=1S/C31H38O9/c1-16(2)13-20(33)38-23-21(34)30-19(32)8-11-29(30,15-37-26(30,3)4)18-7-10-27(5)22(17-9-12-36-14-17)39-25(35)24-31(27,40-24)28(18,23)6/h8-9,11-12,14,16,18,21-24,34H,7,10,13,15H2,1-6H3/t18?,21-,22-,23+,24+,27-,28-,29-,30-,31+/m0/s1. The van der Waals surface area contributed by atoms with Crippen LogP contribution in [-0.2, 0) is 33.3 Å². The van der Waals surface area contributed by atoms with E-state index in [-0.39, 0.29) is 30.6 Å². The van der Waals surface area contributed by atoms with Crippen molar-refractivity contribution in [2.75, 3.05) is 6.61 Å². The Balaban J connectivity index is 1.46. The van der Waals surface area contributed by atoms with Crippen molar-refractivity contribution in [3.05, 3.63) is 36.3 Å². The second-order valence-electron chi connectivity index (χ2n) is 14.2. The first-order valence-corrected chi connectivity index (χ1v) is 14.4. The van der Waals surface area contributed by atoms with Gasteiger partial charge in [-0.1, -0.05) is 33.8 Å². The van der Waals surface area contributed by atoms with Crippen LogP contribution in [0.2, 0.25) is 0 Å². The number of cyclic esters (lactones) is 1. The Morgan fingerprint density at radius 3 is 2.60 bits per heavy atom. The van der Waals surface area contributed by atoms with Gasteiger partial charge in [0.25, 0.3) is 0 Å². The molecule has 0 radical (unpaired) electrons. The Kier molecular flexibility index (Phi) is 5.06. The van der Waals surface area contributed by atoms with Gasteiger partial charge in [0.15, 0.2) is 11.9 Å². The lowest BCUT2D eigenvalue weighted by atomic mass is 9.34. The molecule has 0 amide bonds. The molecule has 5 fully saturated rings. The van der Waals surface area contributed by atoms with E-state index in [1.165, 1.54) is 0 Å². The van der Waals surface area contributed by atoms with Gasteiger partial charge in [0.05, 0.1) is 24.7 Å². The molecule has 216 valence electrons. The third-order valence-corrected chi connectivity index (χ3v) is 11.9. The topological polar surface area (TPSA) is 125 Å². The predicted molar refractivity (Wildman–Crippen MR) is 138 cm³/mol. The number of hydrogen-bond donors (Lipinski definition) is 1. The van der Waals surface area contributed by atoms with E-state index in [1.807, 2.05) is 40.7 Å². The zero-order valence-corrected chi connectivity index (χ0v) is 23.9. The minimum atomic E-state index is -1.39. The smallest absolute Gasteiger partial charge is 0.339 e. The van der Waals surface area contributed by atoms with Gasteiger partial charge in [-0.3, -0.25) is 9.59 Å². The van der Waals surface area contributed by atoms with Crippen LogP contribution < -0.4 is 0 Å². The summed E-state index contributed by atoms with van der Waals surface area (Å²) in [6, 6.07) is 1.79. The number of ketones is 1. The van der Waals surface area contributed by atoms with Crippen LogP contribution in [-0.4, -0.2) is 58.9 Å². The number of fused-ring (bicyclic) bond motifs is 1. The maximum Gasteiger partial charge on any atom is 0.339 e. The van der Waals surface area contributed by atoms with Crippen molar-refractivity contribution in [1.82, 2.24) is 0 Å². The molecule has 1 spiro atoms. The van der Waals surface area contributed by atoms with Crippen LogP contribution in [0.4, 0.5) is 0 Å². The van der Waals surface area contributed by atoms with Crippen LogP contribution in [0, 0.1) is 33.5 Å². The molecule has 7 rings (SSSR count). The van der Waals surface area contributed by atoms with Crippen LogP contribution in [0.25, 0.3) is 0 Å². The van der Waals surface area contributed by atoms with E-state index in [2.05, 4.69) is 6.92 Å². The van der Waals surface area contributed by atoms with E-state index in [1.54, 1.807) is 24.7 Å². The summed E-state index contributed by atoms with van der Waals surface area (Å²) in [6.07, 6.45) is 3.98. The largest absolute Gasteiger partial charge is 0.472 e. The van der Waals surface area contributed by atoms with Crippen LogP contribution in [0.1, 0.15) is 72.5 Å². The number of furan rings is 1. The molecule has 1 unspecified atom stereocenters. The SMILES string of the molecule is CC(C)CC(=O)O[C@@H]1[C@H](O)[C@]23C(=O)C=C[C@]2(COC3(C)C)C2CC[C@@]3(C)[C@H](c4ccoc4)OC(=O)[C@H]4O[C@]43[C@@]21C. The van der Waals surface area contributed by atoms with Crippen molar-refractivity contribution in [3.63, 3.8) is 0 Å². The molecule has 10 atom stereocenters. The highest BCUT2D eigenvalue weighted by molar-refractivity contribution is 6.01. The summed E-state index contributed by atoms with van der Waals surface area (Å²) >= 11 is 0. The normalized spacial score (nSPS) is 49.5. The number of rotatable bonds is 4. The van der Waals surface area contributed by atoms with Gasteiger partial charge in [-0.15, -0.1) is 0 Å². The van der Waals surface area contributed by atoms with E-state index < -0.39 is 69.2 Å². The lowest BCUT2D eigenvalue weighted by Gasteiger charge is -2.69. The highest BCUT2D eigenvalue weighted by Crippen LogP contribution is 2.82. The van der Waals surface area contributed by atoms with E-state index in [0.717, 1.165) is 5.56 Å². The monoisotopic (exact) mass is 554 g/mol. The summed E-state index contributed by atoms with van der Waals surface area (Å²) in [5.41, 5.74) is -5.39. The maximum absolute atomic E-state index is 13.9. The first-order valence-electron chi connectivity index (χ1n) is 14.4. The summed E-state index contributed by atoms with van der Waals surface area (Å²) in [7, 11) is 0. The lowest BCUT2D eigenvalue weighted by molar-refractivity contribution is -0.288. The van der Waals surface area contributed by atoms with Gasteiger partial charge >= 0.3 is 11.9 Å². The Hall–Kier alpha value is -2.49. The molecule has 3 aliphatic carbocycles. The highest BCUT2D eigenvalue weighted by Gasteiger charge is 2.93. The van der Waals surface area contributed by atoms with Gasteiger partial charge in [-0.05, 0) is 50.7 Å². The quantitative estimate of drug-likeness (QED) is 0.438. The van der Waals surface area contributed by atoms with Gasteiger partial charge < -0.3 is 28.5 Å². The molecule has 9 nitrogen and oxygen atoms in total. The minimum Gasteiger partial charge on any atom is -0.472 e. The Morgan fingerprint density at radius 2 is 1.93 bits per heavy atom. The molecule has 3 aliphatic heterocycles. The molecule has 40 heavy (non-hydrogen) atoms. The maximum atomic E-state index is 13.9. The van der Waals surface area contributed by atoms with Crippen molar-refractivity contribution in [1.29, 1.82) is 0 Å². The fourth-order valence-electron chi connectivity index (χ4n) is 10.4. The summed E-state index contributed by atoms with van der Waals surface area (Å²) in [4.78, 5) is 40.8. The van der Waals surface area contributed by atoms with Gasteiger partial charge in [-0.25, -0.2) is 4.79 Å². The number of aliphatic hydroxyl groups excluding tert-OH is 1. The lowest BCUT2D eigenvalue weighted by Crippen LogP contribution is -2.79. The average molecular weight is 555 g/mol. The molecule has 4 heterocycles. The molecular formula is C31H38O9. The average Bonchev–Trinajstić information content (AvgIpc) is 3.17. The van der Waals surface area contributed by atoms with Crippen molar-refractivity contribution >= 4 is 17.7 Å². The Labute approximate surface area is 233 Å². The van der Waals surface area contributed by atoms with Crippen molar-refractivity contribution in [2.45, 2.75) is 96.4 Å². The summed E-state index contributed by atoms with van der Waals surface area (Å²) in [6.45, 7) is 11.8. The third-order valence-electron chi connectivity index (χ3n) is 11.9. The summed E-state index contributed by atoms with van der Waals surface area (Å²) in [5.74, 6) is -1.41. The van der Waals surface area contributed by atoms with Crippen LogP contribution in [0.5, 0.6) is 0 Å². The molecule has 0 bridgehead atoms. The van der Waals surface area contributed by atoms with E-state index in [4.69, 9.17) is 23.4 Å². The molecule has 6 aliphatic rings. The number of hydrogen-bond acceptors (Lipinski definition) is 9. The fraction of sp³-hybridized carbons (Fsp3) is 0.710. The predicted octanol–water partition coefficient (Wildman–Crippen LogP) is 3.69. The van der Waals surface area contributed by atoms with E-state index in [9.17, 15) is 19.5 Å². The number of carbonyl (C=O) groups excluding carboxylic acids is 3. The van der Waals surface area contributed by atoms with Crippen LogP contribution in [0.3, 0.4) is 0 Å². The molecule has 3 saturated heterocycles. The zero-order chi connectivity index (χ0) is 28.7. The Bertz CT molecular complexity index is 1330. The van der Waals surface area contributed by atoms with Crippen molar-refractivity contribution in [3.8, 4) is 0 Å². The number of aliphatic hydroxyl groups is 1. The van der Waals surface area contributed by atoms with Gasteiger partial charge in [-0.2, -0.15) is 0 Å². The summed E-state index contributed by atoms with van der Waals surface area (Å²) < 4.78 is 30.6. The number of ether oxygens (including phenoxy) is 4. The fourth-order valence-corrected chi connectivity index (χ4v) is 10.4.